The highest BCUT2D eigenvalue weighted by Gasteiger charge is 2.32. The number of carbonyl (C=O) groups excluding carboxylic acids is 1. The predicted molar refractivity (Wildman–Crippen MR) is 65.7 cm³/mol. The van der Waals surface area contributed by atoms with Crippen molar-refractivity contribution < 1.29 is 14.7 Å². The van der Waals surface area contributed by atoms with E-state index in [0.717, 1.165) is 19.4 Å². The summed E-state index contributed by atoms with van der Waals surface area (Å²) in [4.78, 5) is 24.3. The Kier molecular flexibility index (Phi) is 5.45. The van der Waals surface area contributed by atoms with Crippen molar-refractivity contribution in [3.8, 4) is 0 Å². The fourth-order valence-electron chi connectivity index (χ4n) is 1.93. The van der Waals surface area contributed by atoms with Crippen molar-refractivity contribution in [3.63, 3.8) is 0 Å². The Morgan fingerprint density at radius 1 is 1.24 bits per heavy atom. The monoisotopic (exact) mass is 241 g/mol. The van der Waals surface area contributed by atoms with E-state index in [9.17, 15) is 9.59 Å². The van der Waals surface area contributed by atoms with Crippen molar-refractivity contribution in [2.24, 2.45) is 5.92 Å². The lowest BCUT2D eigenvalue weighted by Gasteiger charge is -2.24. The Labute approximate surface area is 103 Å². The number of aliphatic carboxylic acids is 1. The zero-order chi connectivity index (χ0) is 12.8. The molecule has 0 atom stereocenters. The first-order valence-electron chi connectivity index (χ1n) is 6.52. The third-order valence-electron chi connectivity index (χ3n) is 2.90. The molecule has 17 heavy (non-hydrogen) atoms. The van der Waals surface area contributed by atoms with E-state index in [1.807, 2.05) is 4.90 Å². The maximum atomic E-state index is 12.0. The number of rotatable bonds is 8. The number of carbonyl (C=O) groups is 2. The third-order valence-corrected chi connectivity index (χ3v) is 2.90. The molecule has 1 fully saturated rings. The number of carboxylic acids is 1. The van der Waals surface area contributed by atoms with Crippen LogP contribution in [-0.4, -0.2) is 34.5 Å². The molecule has 0 saturated heterocycles. The zero-order valence-electron chi connectivity index (χ0n) is 10.8. The Bertz CT molecular complexity index is 272. The van der Waals surface area contributed by atoms with Gasteiger partial charge in [0, 0.05) is 25.4 Å². The zero-order valence-corrected chi connectivity index (χ0v) is 10.8. The van der Waals surface area contributed by atoms with Crippen LogP contribution >= 0.6 is 0 Å². The van der Waals surface area contributed by atoms with Crippen LogP contribution in [0.4, 0.5) is 0 Å². The first-order chi connectivity index (χ1) is 8.00. The molecule has 1 aliphatic rings. The van der Waals surface area contributed by atoms with Gasteiger partial charge in [0.05, 0.1) is 0 Å². The molecule has 0 aromatic rings. The minimum atomic E-state index is -0.779. The number of carboxylic acid groups (broad SMARTS) is 1. The summed E-state index contributed by atoms with van der Waals surface area (Å²) >= 11 is 0. The molecule has 0 heterocycles. The van der Waals surface area contributed by atoms with E-state index < -0.39 is 5.97 Å². The molecule has 0 aromatic heterocycles. The maximum Gasteiger partial charge on any atom is 0.303 e. The van der Waals surface area contributed by atoms with Gasteiger partial charge in [-0.2, -0.15) is 0 Å². The van der Waals surface area contributed by atoms with Crippen molar-refractivity contribution >= 4 is 11.9 Å². The van der Waals surface area contributed by atoms with Crippen LogP contribution in [0.3, 0.4) is 0 Å². The fourth-order valence-corrected chi connectivity index (χ4v) is 1.93. The van der Waals surface area contributed by atoms with Crippen molar-refractivity contribution in [1.29, 1.82) is 0 Å². The minimum absolute atomic E-state index is 0.168. The quantitative estimate of drug-likeness (QED) is 0.663. The van der Waals surface area contributed by atoms with Crippen molar-refractivity contribution in [2.75, 3.05) is 6.54 Å². The van der Waals surface area contributed by atoms with Crippen LogP contribution in [0.2, 0.25) is 0 Å². The van der Waals surface area contributed by atoms with Gasteiger partial charge in [-0.25, -0.2) is 0 Å². The highest BCUT2D eigenvalue weighted by Crippen LogP contribution is 2.28. The summed E-state index contributed by atoms with van der Waals surface area (Å²) in [5.74, 6) is -0.0798. The summed E-state index contributed by atoms with van der Waals surface area (Å²) in [6, 6.07) is 0.462. The highest BCUT2D eigenvalue weighted by molar-refractivity contribution is 5.77. The van der Waals surface area contributed by atoms with Gasteiger partial charge in [-0.05, 0) is 31.6 Å². The molecule has 4 heteroatoms. The number of unbranched alkanes of at least 4 members (excludes halogenated alkanes) is 1. The fraction of sp³-hybridized carbons (Fsp3) is 0.846. The molecule has 0 unspecified atom stereocenters. The van der Waals surface area contributed by atoms with E-state index in [0.29, 0.717) is 31.2 Å². The van der Waals surface area contributed by atoms with Crippen LogP contribution in [-0.2, 0) is 9.59 Å². The van der Waals surface area contributed by atoms with Crippen LogP contribution in [0.15, 0.2) is 0 Å². The molecular formula is C13H23NO3. The lowest BCUT2D eigenvalue weighted by atomic mass is 10.1. The molecule has 1 aliphatic carbocycles. The molecule has 98 valence electrons. The van der Waals surface area contributed by atoms with Gasteiger partial charge in [-0.1, -0.05) is 13.8 Å². The standard InChI is InChI=1S/C13H23NO3/c1-10(2)9-14(11-7-8-11)12(15)5-3-4-6-13(16)17/h10-11H,3-9H2,1-2H3,(H,16,17). The maximum absolute atomic E-state index is 12.0. The predicted octanol–water partition coefficient (Wildman–Crippen LogP) is 2.28. The Hall–Kier alpha value is -1.06. The van der Waals surface area contributed by atoms with E-state index in [1.54, 1.807) is 0 Å². The van der Waals surface area contributed by atoms with Crippen LogP contribution in [0.25, 0.3) is 0 Å². The Balaban J connectivity index is 2.25. The molecule has 1 amide bonds. The van der Waals surface area contributed by atoms with Crippen LogP contribution in [0.5, 0.6) is 0 Å². The highest BCUT2D eigenvalue weighted by atomic mass is 16.4. The summed E-state index contributed by atoms with van der Waals surface area (Å²) in [5, 5.41) is 8.51. The summed E-state index contributed by atoms with van der Waals surface area (Å²) in [6.07, 6.45) is 4.21. The number of amides is 1. The van der Waals surface area contributed by atoms with Crippen LogP contribution in [0.1, 0.15) is 52.4 Å². The third kappa shape index (κ3) is 5.71. The topological polar surface area (TPSA) is 57.6 Å². The average molecular weight is 241 g/mol. The van der Waals surface area contributed by atoms with Gasteiger partial charge >= 0.3 is 5.97 Å². The molecule has 1 rings (SSSR count). The average Bonchev–Trinajstić information content (AvgIpc) is 3.03. The normalized spacial score (nSPS) is 15.0. The van der Waals surface area contributed by atoms with Gasteiger partial charge in [0.1, 0.15) is 0 Å². The van der Waals surface area contributed by atoms with E-state index in [-0.39, 0.29) is 12.3 Å². The molecule has 0 aromatic carbocycles. The van der Waals surface area contributed by atoms with Gasteiger partial charge < -0.3 is 10.0 Å². The number of nitrogens with zero attached hydrogens (tertiary/aromatic N) is 1. The van der Waals surface area contributed by atoms with Crippen molar-refractivity contribution in [3.05, 3.63) is 0 Å². The Morgan fingerprint density at radius 3 is 2.29 bits per heavy atom. The van der Waals surface area contributed by atoms with Crippen LogP contribution < -0.4 is 0 Å². The summed E-state index contributed by atoms with van der Waals surface area (Å²) < 4.78 is 0. The summed E-state index contributed by atoms with van der Waals surface area (Å²) in [5.41, 5.74) is 0. The summed E-state index contributed by atoms with van der Waals surface area (Å²) in [7, 11) is 0. The minimum Gasteiger partial charge on any atom is -0.481 e. The largest absolute Gasteiger partial charge is 0.481 e. The number of hydrogen-bond acceptors (Lipinski definition) is 2. The van der Waals surface area contributed by atoms with Gasteiger partial charge in [-0.3, -0.25) is 9.59 Å². The first-order valence-corrected chi connectivity index (χ1v) is 6.52. The van der Waals surface area contributed by atoms with Crippen LogP contribution in [0, 0.1) is 5.92 Å². The molecule has 0 aliphatic heterocycles. The lowest BCUT2D eigenvalue weighted by molar-refractivity contribution is -0.137. The lowest BCUT2D eigenvalue weighted by Crippen LogP contribution is -2.35. The molecule has 0 radical (unpaired) electrons. The first kappa shape index (κ1) is 14.0. The second-order valence-electron chi connectivity index (χ2n) is 5.27. The molecule has 4 nitrogen and oxygen atoms in total. The van der Waals surface area contributed by atoms with Crippen molar-refractivity contribution in [1.82, 2.24) is 4.90 Å². The van der Waals surface area contributed by atoms with Gasteiger partial charge in [0.15, 0.2) is 0 Å². The molecule has 1 saturated carbocycles. The van der Waals surface area contributed by atoms with Crippen molar-refractivity contribution in [2.45, 2.75) is 58.4 Å². The van der Waals surface area contributed by atoms with E-state index >= 15 is 0 Å². The summed E-state index contributed by atoms with van der Waals surface area (Å²) in [6.45, 7) is 5.07. The van der Waals surface area contributed by atoms with E-state index in [2.05, 4.69) is 13.8 Å². The molecular weight excluding hydrogens is 218 g/mol. The van der Waals surface area contributed by atoms with E-state index in [1.165, 1.54) is 0 Å². The molecule has 1 N–H and O–H groups in total. The molecule has 0 bridgehead atoms. The van der Waals surface area contributed by atoms with Gasteiger partial charge in [-0.15, -0.1) is 0 Å². The second-order valence-corrected chi connectivity index (χ2v) is 5.27. The van der Waals surface area contributed by atoms with Gasteiger partial charge in [0.25, 0.3) is 0 Å². The Morgan fingerprint density at radius 2 is 1.82 bits per heavy atom. The SMILES string of the molecule is CC(C)CN(C(=O)CCCCC(=O)O)C1CC1. The second kappa shape index (κ2) is 6.62. The smallest absolute Gasteiger partial charge is 0.303 e. The number of hydrogen-bond donors (Lipinski definition) is 1. The van der Waals surface area contributed by atoms with E-state index in [4.69, 9.17) is 5.11 Å². The molecule has 0 spiro atoms. The van der Waals surface area contributed by atoms with Gasteiger partial charge in [0.2, 0.25) is 5.91 Å².